The number of aliphatic hydroxyl groups excluding tert-OH is 1. The van der Waals surface area contributed by atoms with Crippen LogP contribution in [0.2, 0.25) is 0 Å². The second-order valence-corrected chi connectivity index (χ2v) is 10.7. The zero-order valence-corrected chi connectivity index (χ0v) is 27.3. The van der Waals surface area contributed by atoms with Crippen molar-refractivity contribution in [1.82, 2.24) is 14.4 Å². The summed E-state index contributed by atoms with van der Waals surface area (Å²) >= 11 is 0. The summed E-state index contributed by atoms with van der Waals surface area (Å²) in [7, 11) is 0. The summed E-state index contributed by atoms with van der Waals surface area (Å²) in [6, 6.07) is 24.6. The van der Waals surface area contributed by atoms with Crippen molar-refractivity contribution < 1.29 is 30.0 Å². The molecule has 0 aliphatic heterocycles. The van der Waals surface area contributed by atoms with E-state index in [9.17, 15) is 9.90 Å². The average molecular weight is 737 g/mol. The maximum Gasteiger partial charge on any atom is 0.162 e. The fourth-order valence-electron chi connectivity index (χ4n) is 5.74. The van der Waals surface area contributed by atoms with Crippen LogP contribution in [0.25, 0.3) is 49.3 Å². The maximum absolute atomic E-state index is 11.7. The summed E-state index contributed by atoms with van der Waals surface area (Å²) in [4.78, 5) is 21.4. The molecule has 6 aromatic rings. The molecular weight excluding hydrogens is 699 g/mol. The van der Waals surface area contributed by atoms with Crippen molar-refractivity contribution in [3.05, 3.63) is 90.3 Å². The number of aromatic nitrogens is 3. The number of carbonyl (C=O) groups excluding carboxylic acids is 1. The van der Waals surface area contributed by atoms with E-state index in [1.807, 2.05) is 46.0 Å². The molecular formula is C36H38IrN3O2-. The van der Waals surface area contributed by atoms with Crippen LogP contribution in [0.15, 0.2) is 78.7 Å². The van der Waals surface area contributed by atoms with Gasteiger partial charge in [0.05, 0.1) is 16.8 Å². The van der Waals surface area contributed by atoms with E-state index >= 15 is 0 Å². The number of para-hydroxylation sites is 1. The molecule has 3 aromatic carbocycles. The zero-order chi connectivity index (χ0) is 29.1. The third-order valence-electron chi connectivity index (χ3n) is 8.26. The molecule has 0 spiro atoms. The summed E-state index contributed by atoms with van der Waals surface area (Å²) in [5, 5.41) is 14.1. The second kappa shape index (κ2) is 13.6. The van der Waals surface area contributed by atoms with Gasteiger partial charge in [-0.3, -0.25) is 9.78 Å². The number of benzene rings is 3. The van der Waals surface area contributed by atoms with Crippen LogP contribution in [0.4, 0.5) is 0 Å². The Morgan fingerprint density at radius 1 is 0.905 bits per heavy atom. The minimum Gasteiger partial charge on any atom is -0.512 e. The second-order valence-electron chi connectivity index (χ2n) is 10.7. The number of hydrogen-bond acceptors (Lipinski definition) is 4. The Morgan fingerprint density at radius 2 is 1.57 bits per heavy atom. The van der Waals surface area contributed by atoms with E-state index in [1.54, 1.807) is 0 Å². The molecule has 0 atom stereocenters. The fraction of sp³-hybridized carbons (Fsp3) is 0.306. The molecule has 0 amide bonds. The third kappa shape index (κ3) is 5.84. The van der Waals surface area contributed by atoms with Crippen molar-refractivity contribution in [2.45, 2.75) is 60.3 Å². The molecule has 6 heteroatoms. The number of rotatable bonds is 7. The van der Waals surface area contributed by atoms with Gasteiger partial charge in [-0.1, -0.05) is 68.8 Å². The number of carbonyl (C=O) groups is 1. The number of allylic oxidation sites excluding steroid dienone is 2. The number of imidazole rings is 1. The number of ketones is 1. The fourth-order valence-corrected chi connectivity index (χ4v) is 5.74. The van der Waals surface area contributed by atoms with Crippen molar-refractivity contribution in [1.29, 1.82) is 0 Å². The molecule has 0 bridgehead atoms. The molecule has 42 heavy (non-hydrogen) atoms. The predicted molar refractivity (Wildman–Crippen MR) is 170 cm³/mol. The molecule has 0 aliphatic carbocycles. The van der Waals surface area contributed by atoms with Crippen LogP contribution in [0.3, 0.4) is 0 Å². The molecule has 0 unspecified atom stereocenters. The Hall–Kier alpha value is -3.60. The average Bonchev–Trinajstić information content (AvgIpc) is 3.39. The van der Waals surface area contributed by atoms with Gasteiger partial charge in [0.25, 0.3) is 0 Å². The van der Waals surface area contributed by atoms with Crippen LogP contribution < -0.4 is 0 Å². The standard InChI is InChI=1S/C23H14N3.C13H24O2.Ir/c1-14-6-4-9-19-21(14)25-23-18-13-16-8-3-2-7-15(16)12-17(18)22-20(26(19)23)10-5-11-24-22;1-5-10(6-2)12(14)9-13(15)11(7-3)8-4;/h2-11,13H,1H3;9-11,14H,5-8H2,1-4H3;/q-1;;/b;12-9-;. The molecule has 5 nitrogen and oxygen atoms in total. The topological polar surface area (TPSA) is 67.5 Å². The SMILES string of the molecule is CCC(CC)C(=O)/C=C(\O)C(CC)CC.Cc1cccc2c1nc1c3cc4ccccc4[c-]c3c3ncccc3n21.[Ir]. The number of pyridine rings is 2. The monoisotopic (exact) mass is 737 g/mol. The third-order valence-corrected chi connectivity index (χ3v) is 8.26. The van der Waals surface area contributed by atoms with Crippen molar-refractivity contribution in [2.75, 3.05) is 0 Å². The van der Waals surface area contributed by atoms with E-state index in [2.05, 4.69) is 65.9 Å². The Labute approximate surface area is 261 Å². The van der Waals surface area contributed by atoms with E-state index in [-0.39, 0.29) is 43.5 Å². The summed E-state index contributed by atoms with van der Waals surface area (Å²) in [5.74, 6) is 0.547. The number of hydrogen-bond donors (Lipinski definition) is 1. The van der Waals surface area contributed by atoms with Crippen LogP contribution >= 0.6 is 0 Å². The van der Waals surface area contributed by atoms with Gasteiger partial charge in [0.15, 0.2) is 5.78 Å². The number of fused-ring (bicyclic) bond motifs is 9. The van der Waals surface area contributed by atoms with Gasteiger partial charge in [-0.2, -0.15) is 0 Å². The largest absolute Gasteiger partial charge is 0.512 e. The summed E-state index contributed by atoms with van der Waals surface area (Å²) in [5.41, 5.74) is 6.33. The molecule has 1 radical (unpaired) electrons. The Balaban J connectivity index is 0.000000221. The van der Waals surface area contributed by atoms with E-state index in [1.165, 1.54) is 17.0 Å². The summed E-state index contributed by atoms with van der Waals surface area (Å²) in [6.07, 6.45) is 6.75. The quantitative estimate of drug-likeness (QED) is 0.0584. The molecule has 0 saturated carbocycles. The van der Waals surface area contributed by atoms with Crippen LogP contribution in [0.1, 0.15) is 58.9 Å². The van der Waals surface area contributed by atoms with Crippen molar-refractivity contribution in [2.24, 2.45) is 11.8 Å². The van der Waals surface area contributed by atoms with Gasteiger partial charge in [-0.15, -0.1) is 23.6 Å². The van der Waals surface area contributed by atoms with E-state index in [0.717, 1.165) is 69.6 Å². The molecule has 219 valence electrons. The van der Waals surface area contributed by atoms with Crippen LogP contribution in [0, 0.1) is 24.8 Å². The van der Waals surface area contributed by atoms with Gasteiger partial charge < -0.3 is 9.51 Å². The summed E-state index contributed by atoms with van der Waals surface area (Å²) < 4.78 is 2.23. The zero-order valence-electron chi connectivity index (χ0n) is 24.9. The normalized spacial score (nSPS) is 11.9. The number of nitrogens with zero attached hydrogens (tertiary/aromatic N) is 3. The first-order valence-electron chi connectivity index (χ1n) is 14.7. The van der Waals surface area contributed by atoms with Gasteiger partial charge in [0.1, 0.15) is 5.65 Å². The van der Waals surface area contributed by atoms with E-state index < -0.39 is 0 Å². The van der Waals surface area contributed by atoms with Gasteiger partial charge in [-0.05, 0) is 61.8 Å². The van der Waals surface area contributed by atoms with Crippen LogP contribution in [-0.2, 0) is 24.9 Å². The summed E-state index contributed by atoms with van der Waals surface area (Å²) in [6.45, 7) is 10.2. The van der Waals surface area contributed by atoms with Crippen LogP contribution in [0.5, 0.6) is 0 Å². The van der Waals surface area contributed by atoms with Crippen molar-refractivity contribution >= 4 is 55.0 Å². The first kappa shape index (κ1) is 31.3. The molecule has 1 N–H and O–H groups in total. The van der Waals surface area contributed by atoms with Gasteiger partial charge >= 0.3 is 0 Å². The smallest absolute Gasteiger partial charge is 0.162 e. The number of aliphatic hydroxyl groups is 1. The Bertz CT molecular complexity index is 1900. The van der Waals surface area contributed by atoms with Crippen LogP contribution in [-0.4, -0.2) is 25.3 Å². The minimum atomic E-state index is 0. The van der Waals surface area contributed by atoms with E-state index in [0.29, 0.717) is 0 Å². The Kier molecular flexibility index (Phi) is 10.1. The first-order valence-corrected chi connectivity index (χ1v) is 14.7. The molecule has 0 aliphatic rings. The van der Waals surface area contributed by atoms with E-state index in [4.69, 9.17) is 9.97 Å². The first-order chi connectivity index (χ1) is 19.9. The van der Waals surface area contributed by atoms with Gasteiger partial charge in [0, 0.05) is 55.2 Å². The van der Waals surface area contributed by atoms with Gasteiger partial charge in [0.2, 0.25) is 0 Å². The molecule has 3 aromatic heterocycles. The maximum atomic E-state index is 11.7. The molecule has 0 fully saturated rings. The van der Waals surface area contributed by atoms with Gasteiger partial charge in [-0.25, -0.2) is 4.98 Å². The molecule has 3 heterocycles. The predicted octanol–water partition coefficient (Wildman–Crippen LogP) is 9.32. The van der Waals surface area contributed by atoms with Crippen molar-refractivity contribution in [3.63, 3.8) is 0 Å². The minimum absolute atomic E-state index is 0. The molecule has 6 rings (SSSR count). The number of aryl methyl sites for hydroxylation is 1. The van der Waals surface area contributed by atoms with Crippen molar-refractivity contribution in [3.8, 4) is 0 Å². The Morgan fingerprint density at radius 3 is 2.29 bits per heavy atom. The molecule has 0 saturated heterocycles.